The topological polar surface area (TPSA) is 125 Å². The molecule has 0 spiro atoms. The van der Waals surface area contributed by atoms with Crippen molar-refractivity contribution >= 4 is 38.3 Å². The fraction of sp³-hybridized carbons (Fsp3) is 0.346. The Kier molecular flexibility index (Phi) is 7.13. The number of carboxylic acid groups (broad SMARTS) is 1. The molecule has 3 aliphatic rings. The highest BCUT2D eigenvalue weighted by molar-refractivity contribution is 7.86. The van der Waals surface area contributed by atoms with Crippen LogP contribution in [0.2, 0.25) is 0 Å². The number of carboxylic acids is 1. The Labute approximate surface area is 219 Å². The van der Waals surface area contributed by atoms with Crippen LogP contribution in [0.3, 0.4) is 0 Å². The summed E-state index contributed by atoms with van der Waals surface area (Å²) in [5, 5.41) is 17.0. The van der Waals surface area contributed by atoms with E-state index in [2.05, 4.69) is 20.1 Å². The molecule has 0 aliphatic carbocycles. The molecule has 3 fully saturated rings. The molecule has 0 amide bonds. The zero-order valence-electron chi connectivity index (χ0n) is 20.5. The molecule has 2 N–H and O–H groups in total. The van der Waals surface area contributed by atoms with E-state index in [1.165, 1.54) is 0 Å². The molecule has 0 unspecified atom stereocenters. The van der Waals surface area contributed by atoms with Crippen molar-refractivity contribution in [1.82, 2.24) is 20.1 Å². The van der Waals surface area contributed by atoms with Crippen LogP contribution in [-0.4, -0.2) is 65.3 Å². The number of piperidine rings is 3. The van der Waals surface area contributed by atoms with Crippen LogP contribution in [0, 0.1) is 19.8 Å². The standard InChI is InChI=1S/C14H19NO3S.C12H9N3O2S/c1-11-2-4-13(5-3-11)19(16,17)18-14-10-15-8-6-12(14)7-9-15;1-6-5-13-11(18-6)7-2-3-9-8(4-7)10(12(16)17)15-14-9/h2-5,12,14H,6-10H2,1H3;2-5H,1H3,(H,14,15)(H,16,17)/t14-;/m1./s1. The summed E-state index contributed by atoms with van der Waals surface area (Å²) in [6, 6.07) is 12.4. The third kappa shape index (κ3) is 5.59. The van der Waals surface area contributed by atoms with Gasteiger partial charge >= 0.3 is 5.97 Å². The van der Waals surface area contributed by atoms with Crippen molar-refractivity contribution in [3.63, 3.8) is 0 Å². The van der Waals surface area contributed by atoms with E-state index in [1.54, 1.807) is 47.9 Å². The van der Waals surface area contributed by atoms with E-state index in [-0.39, 0.29) is 16.7 Å². The van der Waals surface area contributed by atoms with E-state index in [9.17, 15) is 13.2 Å². The van der Waals surface area contributed by atoms with E-state index in [0.29, 0.717) is 16.8 Å². The molecule has 2 aromatic heterocycles. The molecule has 5 heterocycles. The minimum atomic E-state index is -3.63. The average Bonchev–Trinajstić information content (AvgIpc) is 3.51. The molecule has 3 aliphatic heterocycles. The van der Waals surface area contributed by atoms with Gasteiger partial charge in [-0.05, 0) is 76.0 Å². The van der Waals surface area contributed by atoms with Crippen LogP contribution in [0.15, 0.2) is 53.6 Å². The van der Waals surface area contributed by atoms with E-state index in [0.717, 1.165) is 53.5 Å². The SMILES string of the molecule is Cc1ccc(S(=O)(=O)O[C@@H]2CN3CCC2CC3)cc1.Cc1cnc(-c2ccc3[nH]nc(C(=O)O)c3c2)s1. The van der Waals surface area contributed by atoms with Crippen molar-refractivity contribution in [3.05, 3.63) is 64.8 Å². The van der Waals surface area contributed by atoms with Crippen LogP contribution in [0.25, 0.3) is 21.5 Å². The highest BCUT2D eigenvalue weighted by Crippen LogP contribution is 2.32. The fourth-order valence-corrected chi connectivity index (χ4v) is 6.63. The van der Waals surface area contributed by atoms with Crippen molar-refractivity contribution in [3.8, 4) is 10.6 Å². The first kappa shape index (κ1) is 25.5. The maximum Gasteiger partial charge on any atom is 0.357 e. The quantitative estimate of drug-likeness (QED) is 0.355. The molecule has 7 rings (SSSR count). The smallest absolute Gasteiger partial charge is 0.357 e. The van der Waals surface area contributed by atoms with Crippen molar-refractivity contribution in [2.45, 2.75) is 37.7 Å². The first-order chi connectivity index (χ1) is 17.7. The molecule has 11 heteroatoms. The Morgan fingerprint density at radius 1 is 1.14 bits per heavy atom. The Bertz CT molecular complexity index is 1520. The minimum Gasteiger partial charge on any atom is -0.476 e. The lowest BCUT2D eigenvalue weighted by molar-refractivity contribution is -0.00428. The van der Waals surface area contributed by atoms with E-state index < -0.39 is 16.1 Å². The number of hydrogen-bond donors (Lipinski definition) is 2. The van der Waals surface area contributed by atoms with E-state index in [1.807, 2.05) is 26.0 Å². The van der Waals surface area contributed by atoms with Gasteiger partial charge in [0.2, 0.25) is 0 Å². The number of aromatic amines is 1. The molecule has 3 saturated heterocycles. The zero-order chi connectivity index (χ0) is 26.2. The van der Waals surface area contributed by atoms with Crippen LogP contribution < -0.4 is 0 Å². The first-order valence-electron chi connectivity index (χ1n) is 12.1. The predicted octanol–water partition coefficient (Wildman–Crippen LogP) is 4.49. The zero-order valence-corrected chi connectivity index (χ0v) is 22.2. The maximum atomic E-state index is 12.2. The summed E-state index contributed by atoms with van der Waals surface area (Å²) in [5.74, 6) is -0.640. The molecule has 1 atom stereocenters. The number of benzene rings is 2. The Hall–Kier alpha value is -3.12. The van der Waals surface area contributed by atoms with Crippen LogP contribution >= 0.6 is 11.3 Å². The van der Waals surface area contributed by atoms with Gasteiger partial charge in [-0.25, -0.2) is 9.78 Å². The molecular weight excluding hydrogens is 512 g/mol. The van der Waals surface area contributed by atoms with Gasteiger partial charge in [-0.1, -0.05) is 17.7 Å². The lowest BCUT2D eigenvalue weighted by Crippen LogP contribution is -2.51. The molecule has 2 bridgehead atoms. The summed E-state index contributed by atoms with van der Waals surface area (Å²) in [7, 11) is -3.63. The summed E-state index contributed by atoms with van der Waals surface area (Å²) in [4.78, 5) is 19.0. The number of aromatic carboxylic acids is 1. The summed E-state index contributed by atoms with van der Waals surface area (Å²) in [6.45, 7) is 6.82. The van der Waals surface area contributed by atoms with Gasteiger partial charge in [-0.15, -0.1) is 11.3 Å². The van der Waals surface area contributed by atoms with Crippen molar-refractivity contribution in [1.29, 1.82) is 0 Å². The number of aryl methyl sites for hydroxylation is 2. The van der Waals surface area contributed by atoms with Gasteiger partial charge in [0.1, 0.15) is 5.01 Å². The molecular formula is C26H28N4O5S2. The molecule has 0 saturated carbocycles. The van der Waals surface area contributed by atoms with Crippen LogP contribution in [0.1, 0.15) is 33.8 Å². The van der Waals surface area contributed by atoms with Crippen molar-refractivity contribution in [2.24, 2.45) is 5.92 Å². The highest BCUT2D eigenvalue weighted by Gasteiger charge is 2.37. The van der Waals surface area contributed by atoms with Gasteiger partial charge in [0, 0.05) is 28.6 Å². The lowest BCUT2D eigenvalue weighted by Gasteiger charge is -2.43. The van der Waals surface area contributed by atoms with Crippen molar-refractivity contribution in [2.75, 3.05) is 19.6 Å². The number of H-pyrrole nitrogens is 1. The predicted molar refractivity (Wildman–Crippen MR) is 141 cm³/mol. The number of rotatable bonds is 5. The number of carbonyl (C=O) groups is 1. The number of aromatic nitrogens is 3. The Morgan fingerprint density at radius 2 is 1.86 bits per heavy atom. The summed E-state index contributed by atoms with van der Waals surface area (Å²) >= 11 is 1.58. The number of nitrogens with zero attached hydrogens (tertiary/aromatic N) is 3. The number of nitrogens with one attached hydrogen (secondary N) is 1. The van der Waals surface area contributed by atoms with Crippen LogP contribution in [0.4, 0.5) is 0 Å². The number of fused-ring (bicyclic) bond motifs is 4. The van der Waals surface area contributed by atoms with Crippen molar-refractivity contribution < 1.29 is 22.5 Å². The lowest BCUT2D eigenvalue weighted by atomic mass is 9.86. The molecule has 9 nitrogen and oxygen atoms in total. The molecule has 0 radical (unpaired) electrons. The number of thiazole rings is 1. The van der Waals surface area contributed by atoms with E-state index >= 15 is 0 Å². The third-order valence-electron chi connectivity index (χ3n) is 6.79. The third-order valence-corrected chi connectivity index (χ3v) is 9.10. The largest absolute Gasteiger partial charge is 0.476 e. The maximum absolute atomic E-state index is 12.2. The van der Waals surface area contributed by atoms with Crippen LogP contribution in [0.5, 0.6) is 0 Å². The summed E-state index contributed by atoms with van der Waals surface area (Å²) < 4.78 is 30.0. The second kappa shape index (κ2) is 10.3. The number of hydrogen-bond acceptors (Lipinski definition) is 8. The second-order valence-corrected chi connectivity index (χ2v) is 12.3. The molecule has 4 aromatic rings. The van der Waals surface area contributed by atoms with Gasteiger partial charge in [0.15, 0.2) is 5.69 Å². The second-order valence-electron chi connectivity index (χ2n) is 9.45. The average molecular weight is 541 g/mol. The summed E-state index contributed by atoms with van der Waals surface area (Å²) in [6.07, 6.45) is 3.73. The molecule has 2 aromatic carbocycles. The van der Waals surface area contributed by atoms with Gasteiger partial charge in [0.05, 0.1) is 16.5 Å². The normalized spacial score (nSPS) is 21.0. The highest BCUT2D eigenvalue weighted by atomic mass is 32.2. The van der Waals surface area contributed by atoms with Crippen LogP contribution in [-0.2, 0) is 14.3 Å². The van der Waals surface area contributed by atoms with Gasteiger partial charge in [-0.3, -0.25) is 9.28 Å². The summed E-state index contributed by atoms with van der Waals surface area (Å²) in [5.41, 5.74) is 2.70. The Balaban J connectivity index is 0.000000152. The molecule has 194 valence electrons. The monoisotopic (exact) mass is 540 g/mol. The van der Waals surface area contributed by atoms with E-state index in [4.69, 9.17) is 9.29 Å². The van der Waals surface area contributed by atoms with Gasteiger partial charge in [0.25, 0.3) is 10.1 Å². The minimum absolute atomic E-state index is 0.0418. The van der Waals surface area contributed by atoms with Gasteiger partial charge < -0.3 is 10.0 Å². The van der Waals surface area contributed by atoms with Gasteiger partial charge in [-0.2, -0.15) is 13.5 Å². The fourth-order valence-electron chi connectivity index (χ4n) is 4.74. The first-order valence-corrected chi connectivity index (χ1v) is 14.3. The Morgan fingerprint density at radius 3 is 2.46 bits per heavy atom. The molecule has 37 heavy (non-hydrogen) atoms.